The number of nitrogens with two attached hydrogens (primary N) is 1. The largest absolute Gasteiger partial charge is 0.462 e. The Kier molecular flexibility index (Phi) is 5.93. The minimum Gasteiger partial charge on any atom is -0.462 e. The predicted molar refractivity (Wildman–Crippen MR) is 98.9 cm³/mol. The van der Waals surface area contributed by atoms with Crippen LogP contribution in [0, 0.1) is 22.5 Å². The monoisotopic (exact) mass is 399 g/mol. The number of nitrogens with zero attached hydrogens (tertiary/aromatic N) is 2. The van der Waals surface area contributed by atoms with Gasteiger partial charge in [-0.2, -0.15) is 4.31 Å². The molecule has 150 valence electrons. The zero-order valence-corrected chi connectivity index (χ0v) is 16.7. The Morgan fingerprint density at radius 2 is 2.07 bits per heavy atom. The van der Waals surface area contributed by atoms with E-state index in [-0.39, 0.29) is 41.8 Å². The van der Waals surface area contributed by atoms with Gasteiger partial charge in [-0.05, 0) is 31.7 Å². The van der Waals surface area contributed by atoms with Crippen LogP contribution in [-0.4, -0.2) is 49.4 Å². The van der Waals surface area contributed by atoms with Crippen LogP contribution < -0.4 is 5.73 Å². The Hall–Kier alpha value is -2.04. The lowest BCUT2D eigenvalue weighted by molar-refractivity contribution is -0.385. The molecule has 0 bridgehead atoms. The highest BCUT2D eigenvalue weighted by Gasteiger charge is 2.39. The highest BCUT2D eigenvalue weighted by atomic mass is 32.2. The first-order valence-corrected chi connectivity index (χ1v) is 10.1. The number of nitro benzene ring substituents is 1. The van der Waals surface area contributed by atoms with Crippen molar-refractivity contribution in [3.8, 4) is 0 Å². The zero-order chi connectivity index (χ0) is 20.6. The van der Waals surface area contributed by atoms with E-state index in [9.17, 15) is 23.3 Å². The van der Waals surface area contributed by atoms with Crippen molar-refractivity contribution in [3.05, 3.63) is 33.4 Å². The summed E-state index contributed by atoms with van der Waals surface area (Å²) in [5, 5.41) is 11.4. The SMILES string of the molecule is CCOC(=O)c1cc(S(=O)(=O)N2CCC(N)C(C)(C)C2)cc([N+](=O)[O-])c1C. The van der Waals surface area contributed by atoms with Crippen LogP contribution in [0.15, 0.2) is 17.0 Å². The molecule has 0 spiro atoms. The van der Waals surface area contributed by atoms with E-state index in [2.05, 4.69) is 0 Å². The van der Waals surface area contributed by atoms with Crippen molar-refractivity contribution in [2.75, 3.05) is 19.7 Å². The fourth-order valence-corrected chi connectivity index (χ4v) is 4.79. The van der Waals surface area contributed by atoms with Gasteiger partial charge >= 0.3 is 5.97 Å². The molecule has 1 aliphatic heterocycles. The highest BCUT2D eigenvalue weighted by Crippen LogP contribution is 2.33. The molecule has 1 heterocycles. The number of carbonyl (C=O) groups excluding carboxylic acids is 1. The van der Waals surface area contributed by atoms with E-state index in [1.807, 2.05) is 13.8 Å². The number of hydrogen-bond acceptors (Lipinski definition) is 7. The molecule has 1 atom stereocenters. The van der Waals surface area contributed by atoms with E-state index in [1.165, 1.54) is 11.2 Å². The molecule has 1 unspecified atom stereocenters. The Morgan fingerprint density at radius 3 is 2.59 bits per heavy atom. The van der Waals surface area contributed by atoms with Crippen LogP contribution in [0.1, 0.15) is 43.1 Å². The van der Waals surface area contributed by atoms with Gasteiger partial charge in [-0.25, -0.2) is 13.2 Å². The second-order valence-electron chi connectivity index (χ2n) is 7.31. The fourth-order valence-electron chi connectivity index (χ4n) is 3.11. The number of nitro groups is 1. The van der Waals surface area contributed by atoms with Gasteiger partial charge in [0.2, 0.25) is 10.0 Å². The van der Waals surface area contributed by atoms with E-state index in [4.69, 9.17) is 10.5 Å². The third kappa shape index (κ3) is 4.12. The van der Waals surface area contributed by atoms with E-state index in [1.54, 1.807) is 6.92 Å². The Balaban J connectivity index is 2.56. The number of carbonyl (C=O) groups is 1. The van der Waals surface area contributed by atoms with Gasteiger partial charge in [0.05, 0.1) is 22.0 Å². The number of sulfonamides is 1. The first-order chi connectivity index (χ1) is 12.4. The standard InChI is InChI=1S/C17H25N3O6S/c1-5-26-16(21)13-8-12(9-14(11(13)2)20(22)23)27(24,25)19-7-6-15(18)17(3,4)10-19/h8-9,15H,5-7,10,18H2,1-4H3. The molecule has 2 N–H and O–H groups in total. The molecule has 1 aliphatic rings. The molecule has 9 nitrogen and oxygen atoms in total. The van der Waals surface area contributed by atoms with E-state index >= 15 is 0 Å². The van der Waals surface area contributed by atoms with Crippen molar-refractivity contribution in [3.63, 3.8) is 0 Å². The third-order valence-electron chi connectivity index (χ3n) is 4.96. The van der Waals surface area contributed by atoms with Crippen LogP contribution in [-0.2, 0) is 14.8 Å². The summed E-state index contributed by atoms with van der Waals surface area (Å²) in [6.07, 6.45) is 0.477. The smallest absolute Gasteiger partial charge is 0.338 e. The lowest BCUT2D eigenvalue weighted by Gasteiger charge is -2.41. The van der Waals surface area contributed by atoms with E-state index in [0.29, 0.717) is 6.42 Å². The number of rotatable bonds is 5. The summed E-state index contributed by atoms with van der Waals surface area (Å²) in [5.41, 5.74) is 5.13. The molecule has 0 amide bonds. The van der Waals surface area contributed by atoms with Crippen LogP contribution in [0.25, 0.3) is 0 Å². The lowest BCUT2D eigenvalue weighted by atomic mass is 9.81. The molecule has 0 aromatic heterocycles. The minimum atomic E-state index is -4.03. The number of ether oxygens (including phenoxy) is 1. The first kappa shape index (κ1) is 21.3. The molecular formula is C17H25N3O6S. The van der Waals surface area contributed by atoms with Gasteiger partial charge < -0.3 is 10.5 Å². The summed E-state index contributed by atoms with van der Waals surface area (Å²) in [6, 6.07) is 2.00. The number of hydrogen-bond donors (Lipinski definition) is 1. The Bertz CT molecular complexity index is 866. The maximum absolute atomic E-state index is 13.1. The minimum absolute atomic E-state index is 0.0680. The van der Waals surface area contributed by atoms with Crippen LogP contribution in [0.4, 0.5) is 5.69 Å². The summed E-state index contributed by atoms with van der Waals surface area (Å²) < 4.78 is 32.4. The van der Waals surface area contributed by atoms with Gasteiger partial charge in [0.25, 0.3) is 5.69 Å². The van der Waals surface area contributed by atoms with Crippen molar-refractivity contribution < 1.29 is 22.9 Å². The van der Waals surface area contributed by atoms with Gasteiger partial charge in [0.1, 0.15) is 0 Å². The van der Waals surface area contributed by atoms with Crippen LogP contribution >= 0.6 is 0 Å². The molecule has 0 aliphatic carbocycles. The van der Waals surface area contributed by atoms with E-state index < -0.39 is 32.0 Å². The van der Waals surface area contributed by atoms with Gasteiger partial charge in [0.15, 0.2) is 0 Å². The Morgan fingerprint density at radius 1 is 1.44 bits per heavy atom. The number of piperidine rings is 1. The molecule has 0 radical (unpaired) electrons. The van der Waals surface area contributed by atoms with Crippen LogP contribution in [0.2, 0.25) is 0 Å². The van der Waals surface area contributed by atoms with Crippen molar-refractivity contribution >= 4 is 21.7 Å². The second-order valence-corrected chi connectivity index (χ2v) is 9.25. The van der Waals surface area contributed by atoms with Gasteiger partial charge in [-0.1, -0.05) is 13.8 Å². The molecular weight excluding hydrogens is 374 g/mol. The van der Waals surface area contributed by atoms with Crippen molar-refractivity contribution in [1.82, 2.24) is 4.31 Å². The third-order valence-corrected chi connectivity index (χ3v) is 6.78. The number of esters is 1. The van der Waals surface area contributed by atoms with Crippen molar-refractivity contribution in [2.45, 2.75) is 45.1 Å². The van der Waals surface area contributed by atoms with Crippen LogP contribution in [0.3, 0.4) is 0 Å². The molecule has 2 rings (SSSR count). The predicted octanol–water partition coefficient (Wildman–Crippen LogP) is 1.83. The quantitative estimate of drug-likeness (QED) is 0.453. The summed E-state index contributed by atoms with van der Waals surface area (Å²) in [5.74, 6) is -0.795. The molecule has 10 heteroatoms. The van der Waals surface area contributed by atoms with E-state index in [0.717, 1.165) is 12.1 Å². The first-order valence-electron chi connectivity index (χ1n) is 8.63. The van der Waals surface area contributed by atoms with Crippen molar-refractivity contribution in [2.24, 2.45) is 11.1 Å². The molecule has 1 saturated heterocycles. The summed E-state index contributed by atoms with van der Waals surface area (Å²) in [4.78, 5) is 22.6. The molecule has 0 saturated carbocycles. The topological polar surface area (TPSA) is 133 Å². The average Bonchev–Trinajstić information content (AvgIpc) is 2.57. The molecule has 1 aromatic rings. The Labute approximate surface area is 158 Å². The normalized spacial score (nSPS) is 20.3. The maximum atomic E-state index is 13.1. The van der Waals surface area contributed by atoms with Gasteiger partial charge in [0, 0.05) is 30.8 Å². The zero-order valence-electron chi connectivity index (χ0n) is 15.9. The molecule has 27 heavy (non-hydrogen) atoms. The van der Waals surface area contributed by atoms with Gasteiger partial charge in [-0.3, -0.25) is 10.1 Å². The lowest BCUT2D eigenvalue weighted by Crippen LogP contribution is -2.53. The summed E-state index contributed by atoms with van der Waals surface area (Å²) in [6.45, 7) is 7.21. The second kappa shape index (κ2) is 7.53. The van der Waals surface area contributed by atoms with Crippen LogP contribution in [0.5, 0.6) is 0 Å². The van der Waals surface area contributed by atoms with Gasteiger partial charge in [-0.15, -0.1) is 0 Å². The average molecular weight is 399 g/mol. The molecule has 1 fully saturated rings. The highest BCUT2D eigenvalue weighted by molar-refractivity contribution is 7.89. The number of benzene rings is 1. The maximum Gasteiger partial charge on any atom is 0.338 e. The van der Waals surface area contributed by atoms with Crippen molar-refractivity contribution in [1.29, 1.82) is 0 Å². The summed E-state index contributed by atoms with van der Waals surface area (Å²) in [7, 11) is -4.03. The summed E-state index contributed by atoms with van der Waals surface area (Å²) >= 11 is 0. The molecule has 1 aromatic carbocycles. The fraction of sp³-hybridized carbons (Fsp3) is 0.588.